The van der Waals surface area contributed by atoms with E-state index in [2.05, 4.69) is 15.3 Å². The summed E-state index contributed by atoms with van der Waals surface area (Å²) < 4.78 is 32.9. The maximum Gasteiger partial charge on any atom is 0.306 e. The molecule has 27 heavy (non-hydrogen) atoms. The van der Waals surface area contributed by atoms with Crippen LogP contribution in [0.15, 0.2) is 30.3 Å². The van der Waals surface area contributed by atoms with Crippen molar-refractivity contribution in [1.82, 2.24) is 9.97 Å². The molecular formula is C18H17N3O5S. The van der Waals surface area contributed by atoms with Crippen LogP contribution in [0.1, 0.15) is 18.4 Å². The van der Waals surface area contributed by atoms with Crippen molar-refractivity contribution in [3.63, 3.8) is 0 Å². The second kappa shape index (κ2) is 5.98. The molecule has 0 spiro atoms. The number of carbonyl (C=O) groups excluding carboxylic acids is 1. The fourth-order valence-corrected chi connectivity index (χ4v) is 3.60. The minimum atomic E-state index is -3.63. The molecule has 2 N–H and O–H groups in total. The van der Waals surface area contributed by atoms with Gasteiger partial charge in [0.2, 0.25) is 5.91 Å². The Bertz CT molecular complexity index is 1180. The SMILES string of the molecule is COc1cc(OS(C)(=O)=O)ccc1-c1nc2cc3c(cc2[nH]1)NC(=O)C3C. The van der Waals surface area contributed by atoms with Gasteiger partial charge in [-0.05, 0) is 36.8 Å². The fourth-order valence-electron chi connectivity index (χ4n) is 3.14. The Balaban J connectivity index is 1.77. The molecule has 1 amide bonds. The van der Waals surface area contributed by atoms with Gasteiger partial charge < -0.3 is 19.2 Å². The van der Waals surface area contributed by atoms with E-state index in [1.165, 1.54) is 19.2 Å². The minimum absolute atomic E-state index is 0.0268. The van der Waals surface area contributed by atoms with Gasteiger partial charge in [0.05, 0.1) is 35.9 Å². The number of rotatable bonds is 4. The normalized spacial score (nSPS) is 16.3. The van der Waals surface area contributed by atoms with Crippen molar-refractivity contribution in [1.29, 1.82) is 0 Å². The molecule has 2 heterocycles. The van der Waals surface area contributed by atoms with E-state index in [1.807, 2.05) is 19.1 Å². The maximum atomic E-state index is 11.8. The van der Waals surface area contributed by atoms with Crippen LogP contribution >= 0.6 is 0 Å². The van der Waals surface area contributed by atoms with Crippen LogP contribution in [0.25, 0.3) is 22.4 Å². The number of hydrogen-bond acceptors (Lipinski definition) is 6. The molecule has 1 aliphatic rings. The van der Waals surface area contributed by atoms with Gasteiger partial charge in [-0.3, -0.25) is 4.79 Å². The number of nitrogens with zero attached hydrogens (tertiary/aromatic N) is 1. The van der Waals surface area contributed by atoms with E-state index in [1.54, 1.807) is 6.07 Å². The number of fused-ring (bicyclic) bond motifs is 2. The van der Waals surface area contributed by atoms with Gasteiger partial charge in [0.1, 0.15) is 17.3 Å². The zero-order valence-corrected chi connectivity index (χ0v) is 15.7. The summed E-state index contributed by atoms with van der Waals surface area (Å²) in [6.07, 6.45) is 0.978. The molecule has 0 fully saturated rings. The summed E-state index contributed by atoms with van der Waals surface area (Å²) in [5.74, 6) is 0.900. The Morgan fingerprint density at radius 1 is 1.19 bits per heavy atom. The van der Waals surface area contributed by atoms with E-state index in [0.717, 1.165) is 28.5 Å². The van der Waals surface area contributed by atoms with Crippen molar-refractivity contribution in [2.45, 2.75) is 12.8 Å². The molecule has 0 bridgehead atoms. The van der Waals surface area contributed by atoms with Crippen LogP contribution in [0.3, 0.4) is 0 Å². The molecule has 0 radical (unpaired) electrons. The Kier molecular flexibility index (Phi) is 3.84. The fraction of sp³-hybridized carbons (Fsp3) is 0.222. The lowest BCUT2D eigenvalue weighted by Gasteiger charge is -2.09. The third-order valence-corrected chi connectivity index (χ3v) is 4.94. The Hall–Kier alpha value is -3.07. The van der Waals surface area contributed by atoms with Crippen molar-refractivity contribution in [2.75, 3.05) is 18.7 Å². The summed E-state index contributed by atoms with van der Waals surface area (Å²) in [5, 5.41) is 2.86. The van der Waals surface area contributed by atoms with Crippen LogP contribution < -0.4 is 14.2 Å². The Morgan fingerprint density at radius 2 is 1.96 bits per heavy atom. The van der Waals surface area contributed by atoms with Gasteiger partial charge in [-0.15, -0.1) is 0 Å². The largest absolute Gasteiger partial charge is 0.496 e. The molecule has 9 heteroatoms. The highest BCUT2D eigenvalue weighted by molar-refractivity contribution is 7.86. The number of aromatic nitrogens is 2. The summed E-state index contributed by atoms with van der Waals surface area (Å²) in [6, 6.07) is 8.45. The first-order valence-electron chi connectivity index (χ1n) is 8.17. The van der Waals surface area contributed by atoms with Crippen LogP contribution in [0.4, 0.5) is 5.69 Å². The van der Waals surface area contributed by atoms with Gasteiger partial charge in [-0.25, -0.2) is 4.98 Å². The van der Waals surface area contributed by atoms with Crippen molar-refractivity contribution in [3.8, 4) is 22.9 Å². The van der Waals surface area contributed by atoms with Crippen molar-refractivity contribution in [2.24, 2.45) is 0 Å². The van der Waals surface area contributed by atoms with Crippen molar-refractivity contribution >= 4 is 32.7 Å². The standard InChI is InChI=1S/C18H17N3O5S/c1-9-12-7-14-15(8-13(12)21-18(9)22)20-17(19-14)11-5-4-10(6-16(11)25-2)26-27(3,23)24/h4-9H,1-3H3,(H,19,20)(H,21,22). The maximum absolute atomic E-state index is 11.8. The Morgan fingerprint density at radius 3 is 2.67 bits per heavy atom. The molecule has 140 valence electrons. The summed E-state index contributed by atoms with van der Waals surface area (Å²) in [6.45, 7) is 1.85. The number of methoxy groups -OCH3 is 1. The van der Waals surface area contributed by atoms with E-state index < -0.39 is 10.1 Å². The smallest absolute Gasteiger partial charge is 0.306 e. The lowest BCUT2D eigenvalue weighted by atomic mass is 10.0. The number of ether oxygens (including phenoxy) is 1. The van der Waals surface area contributed by atoms with Crippen molar-refractivity contribution in [3.05, 3.63) is 35.9 Å². The molecule has 1 atom stereocenters. The van der Waals surface area contributed by atoms with Gasteiger partial charge in [-0.2, -0.15) is 8.42 Å². The first-order valence-corrected chi connectivity index (χ1v) is 9.99. The number of anilines is 1. The molecule has 0 aliphatic carbocycles. The first-order chi connectivity index (χ1) is 12.7. The second-order valence-corrected chi connectivity index (χ2v) is 7.98. The molecule has 8 nitrogen and oxygen atoms in total. The molecule has 1 aromatic heterocycles. The number of amides is 1. The summed E-state index contributed by atoms with van der Waals surface area (Å²) in [4.78, 5) is 19.6. The van der Waals surface area contributed by atoms with E-state index in [0.29, 0.717) is 17.1 Å². The molecule has 4 rings (SSSR count). The number of aromatic amines is 1. The highest BCUT2D eigenvalue weighted by Crippen LogP contribution is 2.37. The highest BCUT2D eigenvalue weighted by atomic mass is 32.2. The average molecular weight is 387 g/mol. The second-order valence-electron chi connectivity index (χ2n) is 6.40. The lowest BCUT2D eigenvalue weighted by Crippen LogP contribution is -2.08. The molecule has 0 saturated carbocycles. The van der Waals surface area contributed by atoms with Gasteiger partial charge in [0.15, 0.2) is 0 Å². The van der Waals surface area contributed by atoms with Gasteiger partial charge in [0.25, 0.3) is 0 Å². The number of nitrogens with one attached hydrogen (secondary N) is 2. The van der Waals surface area contributed by atoms with Gasteiger partial charge in [0, 0.05) is 11.8 Å². The zero-order chi connectivity index (χ0) is 19.3. The van der Waals surface area contributed by atoms with Crippen LogP contribution in [0.5, 0.6) is 11.5 Å². The van der Waals surface area contributed by atoms with E-state index in [4.69, 9.17) is 8.92 Å². The van der Waals surface area contributed by atoms with Crippen LogP contribution in [0.2, 0.25) is 0 Å². The number of H-pyrrole nitrogens is 1. The predicted molar refractivity (Wildman–Crippen MR) is 101 cm³/mol. The summed E-state index contributed by atoms with van der Waals surface area (Å²) >= 11 is 0. The first kappa shape index (κ1) is 17.3. The van der Waals surface area contributed by atoms with Gasteiger partial charge in [-0.1, -0.05) is 0 Å². The lowest BCUT2D eigenvalue weighted by molar-refractivity contribution is -0.116. The Labute approximate surface area is 155 Å². The zero-order valence-electron chi connectivity index (χ0n) is 14.9. The van der Waals surface area contributed by atoms with Crippen LogP contribution in [0, 0.1) is 0 Å². The van der Waals surface area contributed by atoms with E-state index in [-0.39, 0.29) is 17.6 Å². The number of imidazole rings is 1. The highest BCUT2D eigenvalue weighted by Gasteiger charge is 2.27. The van der Waals surface area contributed by atoms with Crippen LogP contribution in [-0.2, 0) is 14.9 Å². The molecule has 3 aromatic rings. The van der Waals surface area contributed by atoms with Crippen LogP contribution in [-0.4, -0.2) is 37.7 Å². The number of benzene rings is 2. The summed E-state index contributed by atoms with van der Waals surface area (Å²) in [7, 11) is -2.15. The molecule has 1 unspecified atom stereocenters. The van der Waals surface area contributed by atoms with E-state index in [9.17, 15) is 13.2 Å². The third-order valence-electron chi connectivity index (χ3n) is 4.45. The molecule has 0 saturated heterocycles. The van der Waals surface area contributed by atoms with Gasteiger partial charge >= 0.3 is 10.1 Å². The molecule has 1 aliphatic heterocycles. The number of carbonyl (C=O) groups is 1. The number of hydrogen-bond donors (Lipinski definition) is 2. The molecular weight excluding hydrogens is 370 g/mol. The van der Waals surface area contributed by atoms with Crippen molar-refractivity contribution < 1.29 is 22.1 Å². The molecule has 2 aromatic carbocycles. The third kappa shape index (κ3) is 3.10. The summed E-state index contributed by atoms with van der Waals surface area (Å²) in [5.41, 5.74) is 3.85. The predicted octanol–water partition coefficient (Wildman–Crippen LogP) is 2.63. The van der Waals surface area contributed by atoms with E-state index >= 15 is 0 Å². The topological polar surface area (TPSA) is 110 Å². The monoisotopic (exact) mass is 387 g/mol. The minimum Gasteiger partial charge on any atom is -0.496 e. The average Bonchev–Trinajstić information content (AvgIpc) is 3.12. The quantitative estimate of drug-likeness (QED) is 0.666.